The number of halogens is 2. The zero-order valence-corrected chi connectivity index (χ0v) is 10.8. The van der Waals surface area contributed by atoms with Crippen LogP contribution in [-0.2, 0) is 14.2 Å². The molecule has 0 aliphatic heterocycles. The van der Waals surface area contributed by atoms with E-state index >= 15 is 0 Å². The van der Waals surface area contributed by atoms with Crippen molar-refractivity contribution in [2.45, 2.75) is 0 Å². The number of rotatable bonds is 8. The van der Waals surface area contributed by atoms with Crippen LogP contribution in [0.4, 0.5) is 8.78 Å². The molecule has 0 saturated heterocycles. The molecule has 0 atom stereocenters. The molecule has 0 amide bonds. The Kier molecular flexibility index (Phi) is 6.84. The van der Waals surface area contributed by atoms with E-state index in [-0.39, 0.29) is 19.0 Å². The molecule has 4 nitrogen and oxygen atoms in total. The third kappa shape index (κ3) is 5.23. The molecule has 0 saturated carbocycles. The van der Waals surface area contributed by atoms with Crippen molar-refractivity contribution in [2.75, 3.05) is 34.2 Å². The maximum atomic E-state index is 12.8. The quantitative estimate of drug-likeness (QED) is 0.415. The second-order valence-corrected chi connectivity index (χ2v) is 3.48. The van der Waals surface area contributed by atoms with Gasteiger partial charge in [0.1, 0.15) is 5.75 Å². The van der Waals surface area contributed by atoms with E-state index in [4.69, 9.17) is 18.9 Å². The van der Waals surface area contributed by atoms with Crippen LogP contribution < -0.4 is 4.74 Å². The number of hydrogen-bond donors (Lipinski definition) is 0. The molecule has 1 aromatic carbocycles. The Morgan fingerprint density at radius 1 is 1.05 bits per heavy atom. The largest absolute Gasteiger partial charge is 0.497 e. The lowest BCUT2D eigenvalue weighted by molar-refractivity contribution is -0.0236. The summed E-state index contributed by atoms with van der Waals surface area (Å²) in [4.78, 5) is 0. The number of methoxy groups -OCH3 is 2. The minimum absolute atomic E-state index is 0.260. The molecule has 0 radical (unpaired) electrons. The molecule has 0 aliphatic carbocycles. The molecule has 6 heteroatoms. The summed E-state index contributed by atoms with van der Waals surface area (Å²) in [6.07, 6.45) is -1.90. The lowest BCUT2D eigenvalue weighted by Crippen LogP contribution is -2.06. The van der Waals surface area contributed by atoms with Gasteiger partial charge in [-0.2, -0.15) is 8.78 Å². The van der Waals surface area contributed by atoms with Gasteiger partial charge in [-0.05, 0) is 24.3 Å². The monoisotopic (exact) mass is 274 g/mol. The standard InChI is InChI=1S/C13H16F2O4/c1-16-7-8-18-9-19-12(13(14)15)10-3-5-11(17-2)6-4-10/h3-6H,7-9H2,1-2H3. The van der Waals surface area contributed by atoms with Crippen molar-refractivity contribution < 1.29 is 27.7 Å². The fourth-order valence-corrected chi connectivity index (χ4v) is 1.29. The van der Waals surface area contributed by atoms with E-state index in [9.17, 15) is 8.78 Å². The Labute approximate surface area is 110 Å². The van der Waals surface area contributed by atoms with Crippen molar-refractivity contribution in [1.82, 2.24) is 0 Å². The molecule has 0 aromatic heterocycles. The molecule has 0 fully saturated rings. The first-order valence-corrected chi connectivity index (χ1v) is 5.58. The fourth-order valence-electron chi connectivity index (χ4n) is 1.29. The van der Waals surface area contributed by atoms with Crippen molar-refractivity contribution in [3.05, 3.63) is 35.9 Å². The van der Waals surface area contributed by atoms with Gasteiger partial charge in [0.15, 0.2) is 12.6 Å². The van der Waals surface area contributed by atoms with Gasteiger partial charge in [-0.3, -0.25) is 0 Å². The van der Waals surface area contributed by atoms with Crippen LogP contribution in [0.25, 0.3) is 5.76 Å². The summed E-state index contributed by atoms with van der Waals surface area (Å²) >= 11 is 0. The maximum Gasteiger partial charge on any atom is 0.312 e. The lowest BCUT2D eigenvalue weighted by Gasteiger charge is -2.10. The topological polar surface area (TPSA) is 36.9 Å². The van der Waals surface area contributed by atoms with Gasteiger partial charge in [0, 0.05) is 12.7 Å². The van der Waals surface area contributed by atoms with Crippen molar-refractivity contribution in [1.29, 1.82) is 0 Å². The van der Waals surface area contributed by atoms with Crippen LogP contribution in [0.1, 0.15) is 5.56 Å². The molecule has 1 aromatic rings. The van der Waals surface area contributed by atoms with Crippen LogP contribution in [0.3, 0.4) is 0 Å². The predicted molar refractivity (Wildman–Crippen MR) is 65.9 cm³/mol. The van der Waals surface area contributed by atoms with Gasteiger partial charge in [0.2, 0.25) is 0 Å². The van der Waals surface area contributed by atoms with E-state index in [0.717, 1.165) is 0 Å². The highest BCUT2D eigenvalue weighted by Crippen LogP contribution is 2.24. The van der Waals surface area contributed by atoms with Crippen LogP contribution in [0, 0.1) is 0 Å². The fraction of sp³-hybridized carbons (Fsp3) is 0.385. The van der Waals surface area contributed by atoms with E-state index in [2.05, 4.69) is 0 Å². The molecule has 1 rings (SSSR count). The summed E-state index contributed by atoms with van der Waals surface area (Å²) in [7, 11) is 3.02. The Bertz CT molecular complexity index is 400. The third-order valence-corrected chi connectivity index (χ3v) is 2.24. The van der Waals surface area contributed by atoms with E-state index in [1.807, 2.05) is 0 Å². The number of benzene rings is 1. The van der Waals surface area contributed by atoms with E-state index in [0.29, 0.717) is 12.4 Å². The summed E-state index contributed by atoms with van der Waals surface area (Å²) < 4.78 is 45.2. The normalized spacial score (nSPS) is 10.1. The third-order valence-electron chi connectivity index (χ3n) is 2.24. The molecular weight excluding hydrogens is 258 g/mol. The van der Waals surface area contributed by atoms with Crippen molar-refractivity contribution in [3.63, 3.8) is 0 Å². The highest BCUT2D eigenvalue weighted by molar-refractivity contribution is 5.61. The molecule has 0 bridgehead atoms. The van der Waals surface area contributed by atoms with Crippen molar-refractivity contribution in [2.24, 2.45) is 0 Å². The van der Waals surface area contributed by atoms with Crippen molar-refractivity contribution in [3.8, 4) is 5.75 Å². The average Bonchev–Trinajstić information content (AvgIpc) is 2.43. The zero-order chi connectivity index (χ0) is 14.1. The molecule has 0 unspecified atom stereocenters. The van der Waals surface area contributed by atoms with Crippen LogP contribution >= 0.6 is 0 Å². The first kappa shape index (κ1) is 15.4. The zero-order valence-electron chi connectivity index (χ0n) is 10.8. The first-order chi connectivity index (χ1) is 9.19. The lowest BCUT2D eigenvalue weighted by atomic mass is 10.2. The van der Waals surface area contributed by atoms with Gasteiger partial charge < -0.3 is 18.9 Å². The second kappa shape index (κ2) is 8.44. The Balaban J connectivity index is 2.60. The van der Waals surface area contributed by atoms with Crippen LogP contribution in [0.2, 0.25) is 0 Å². The smallest absolute Gasteiger partial charge is 0.312 e. The van der Waals surface area contributed by atoms with Crippen LogP contribution in [0.5, 0.6) is 5.75 Å². The molecule has 0 spiro atoms. The van der Waals surface area contributed by atoms with Crippen LogP contribution in [0.15, 0.2) is 30.3 Å². The van der Waals surface area contributed by atoms with Gasteiger partial charge in [-0.1, -0.05) is 0 Å². The maximum absolute atomic E-state index is 12.8. The second-order valence-electron chi connectivity index (χ2n) is 3.48. The van der Waals surface area contributed by atoms with Gasteiger partial charge in [0.05, 0.1) is 20.3 Å². The van der Waals surface area contributed by atoms with E-state index in [1.54, 1.807) is 12.1 Å². The molecule has 0 heterocycles. The first-order valence-electron chi connectivity index (χ1n) is 5.58. The highest BCUT2D eigenvalue weighted by atomic mass is 19.3. The summed E-state index contributed by atoms with van der Waals surface area (Å²) in [5.74, 6) is 0.0822. The summed E-state index contributed by atoms with van der Waals surface area (Å²) in [5.41, 5.74) is 0.260. The van der Waals surface area contributed by atoms with E-state index < -0.39 is 11.8 Å². The Hall–Kier alpha value is -1.66. The molecule has 0 N–H and O–H groups in total. The van der Waals surface area contributed by atoms with Gasteiger partial charge in [0.25, 0.3) is 0 Å². The highest BCUT2D eigenvalue weighted by Gasteiger charge is 2.11. The van der Waals surface area contributed by atoms with Crippen molar-refractivity contribution >= 4 is 5.76 Å². The van der Waals surface area contributed by atoms with Crippen LogP contribution in [-0.4, -0.2) is 34.2 Å². The Morgan fingerprint density at radius 2 is 1.74 bits per heavy atom. The SMILES string of the molecule is COCCOCOC(=C(F)F)c1ccc(OC)cc1. The number of hydrogen-bond acceptors (Lipinski definition) is 4. The molecule has 0 aliphatic rings. The molecule has 106 valence electrons. The summed E-state index contributed by atoms with van der Waals surface area (Å²) in [6.45, 7) is 0.394. The molecular formula is C13H16F2O4. The van der Waals surface area contributed by atoms with Gasteiger partial charge in [-0.25, -0.2) is 0 Å². The number of ether oxygens (including phenoxy) is 4. The predicted octanol–water partition coefficient (Wildman–Crippen LogP) is 2.90. The summed E-state index contributed by atoms with van der Waals surface area (Å²) in [5, 5.41) is 0. The minimum Gasteiger partial charge on any atom is -0.497 e. The summed E-state index contributed by atoms with van der Waals surface area (Å²) in [6, 6.07) is 6.13. The minimum atomic E-state index is -1.90. The van der Waals surface area contributed by atoms with Gasteiger partial charge in [-0.15, -0.1) is 0 Å². The van der Waals surface area contributed by atoms with Gasteiger partial charge >= 0.3 is 6.08 Å². The molecule has 19 heavy (non-hydrogen) atoms. The van der Waals surface area contributed by atoms with E-state index in [1.165, 1.54) is 26.4 Å². The Morgan fingerprint density at radius 3 is 2.26 bits per heavy atom. The average molecular weight is 274 g/mol.